The molecule has 0 amide bonds. The lowest BCUT2D eigenvalue weighted by molar-refractivity contribution is 0.0394. The van der Waals surface area contributed by atoms with Crippen LogP contribution in [0.4, 0.5) is 0 Å². The van der Waals surface area contributed by atoms with Gasteiger partial charge >= 0.3 is 0 Å². The molecule has 4 atom stereocenters. The number of rotatable bonds is 2. The number of ether oxygens (including phenoxy) is 2. The summed E-state index contributed by atoms with van der Waals surface area (Å²) in [6, 6.07) is 8.34. The van der Waals surface area contributed by atoms with Crippen LogP contribution < -0.4 is 15.2 Å². The first-order valence-electron chi connectivity index (χ1n) is 7.66. The molecule has 3 aliphatic rings. The third-order valence-electron chi connectivity index (χ3n) is 5.01. The average molecular weight is 274 g/mol. The normalized spacial score (nSPS) is 36.0. The quantitative estimate of drug-likeness (QED) is 0.888. The average Bonchev–Trinajstić information content (AvgIpc) is 2.70. The van der Waals surface area contributed by atoms with Crippen molar-refractivity contribution in [2.75, 3.05) is 26.2 Å². The van der Waals surface area contributed by atoms with E-state index in [2.05, 4.69) is 4.90 Å². The Bertz CT molecular complexity index is 479. The van der Waals surface area contributed by atoms with E-state index in [1.54, 1.807) is 0 Å². The van der Waals surface area contributed by atoms with Gasteiger partial charge < -0.3 is 15.2 Å². The number of piperidine rings is 1. The topological polar surface area (TPSA) is 47.7 Å². The number of benzene rings is 1. The molecule has 4 heteroatoms. The van der Waals surface area contributed by atoms with Crippen LogP contribution in [0.15, 0.2) is 24.3 Å². The number of fused-ring (bicyclic) bond motifs is 3. The Hall–Kier alpha value is -1.26. The lowest BCUT2D eigenvalue weighted by Crippen LogP contribution is -2.52. The maximum atomic E-state index is 6.26. The van der Waals surface area contributed by atoms with Crippen LogP contribution in [-0.2, 0) is 0 Å². The van der Waals surface area contributed by atoms with Crippen LogP contribution in [0, 0.1) is 11.8 Å². The molecule has 0 aromatic heterocycles. The molecule has 2 aliphatic heterocycles. The fraction of sp³-hybridized carbons (Fsp3) is 0.625. The van der Waals surface area contributed by atoms with Crippen LogP contribution in [0.5, 0.6) is 11.5 Å². The summed E-state index contributed by atoms with van der Waals surface area (Å²) in [6.07, 6.45) is 2.74. The molecule has 1 saturated carbocycles. The van der Waals surface area contributed by atoms with Crippen molar-refractivity contribution in [2.24, 2.45) is 17.6 Å². The van der Waals surface area contributed by atoms with E-state index in [-0.39, 0.29) is 6.10 Å². The van der Waals surface area contributed by atoms with Gasteiger partial charge in [0.2, 0.25) is 0 Å². The Morgan fingerprint density at radius 1 is 1.10 bits per heavy atom. The maximum absolute atomic E-state index is 6.26. The number of hydrogen-bond acceptors (Lipinski definition) is 4. The van der Waals surface area contributed by atoms with E-state index in [1.165, 1.54) is 12.8 Å². The van der Waals surface area contributed by atoms with Gasteiger partial charge in [-0.2, -0.15) is 0 Å². The van der Waals surface area contributed by atoms with Crippen molar-refractivity contribution in [3.63, 3.8) is 0 Å². The summed E-state index contributed by atoms with van der Waals surface area (Å²) < 4.78 is 11.8. The second-order valence-corrected chi connectivity index (χ2v) is 6.39. The second kappa shape index (κ2) is 4.93. The number of hydrogen-bond donors (Lipinski definition) is 1. The van der Waals surface area contributed by atoms with Gasteiger partial charge in [0.25, 0.3) is 0 Å². The van der Waals surface area contributed by atoms with Crippen molar-refractivity contribution in [1.82, 2.24) is 4.90 Å². The summed E-state index contributed by atoms with van der Waals surface area (Å²) in [6.45, 7) is 3.85. The van der Waals surface area contributed by atoms with Gasteiger partial charge in [0.1, 0.15) is 12.7 Å². The van der Waals surface area contributed by atoms with Gasteiger partial charge in [0, 0.05) is 25.7 Å². The Labute approximate surface area is 119 Å². The molecule has 1 saturated heterocycles. The minimum absolute atomic E-state index is 0.138. The molecule has 1 aliphatic carbocycles. The third-order valence-corrected chi connectivity index (χ3v) is 5.01. The third kappa shape index (κ3) is 2.17. The molecule has 0 spiro atoms. The molecule has 108 valence electrons. The van der Waals surface area contributed by atoms with Crippen LogP contribution in [0.1, 0.15) is 12.8 Å². The van der Waals surface area contributed by atoms with E-state index < -0.39 is 0 Å². The van der Waals surface area contributed by atoms with Crippen LogP contribution >= 0.6 is 0 Å². The summed E-state index contributed by atoms with van der Waals surface area (Å²) in [4.78, 5) is 2.52. The van der Waals surface area contributed by atoms with E-state index >= 15 is 0 Å². The Kier molecular flexibility index (Phi) is 3.08. The van der Waals surface area contributed by atoms with Crippen LogP contribution in [0.25, 0.3) is 0 Å². The number of nitrogens with zero attached hydrogens (tertiary/aromatic N) is 1. The van der Waals surface area contributed by atoms with Gasteiger partial charge in [-0.25, -0.2) is 0 Å². The highest BCUT2D eigenvalue weighted by molar-refractivity contribution is 5.40. The van der Waals surface area contributed by atoms with Crippen molar-refractivity contribution < 1.29 is 9.47 Å². The predicted octanol–water partition coefficient (Wildman–Crippen LogP) is 1.50. The number of nitrogens with two attached hydrogens (primary N) is 1. The molecule has 2 N–H and O–H groups in total. The van der Waals surface area contributed by atoms with Crippen LogP contribution in [-0.4, -0.2) is 43.3 Å². The Morgan fingerprint density at radius 3 is 2.55 bits per heavy atom. The van der Waals surface area contributed by atoms with Crippen molar-refractivity contribution in [2.45, 2.75) is 25.0 Å². The highest BCUT2D eigenvalue weighted by Crippen LogP contribution is 2.36. The largest absolute Gasteiger partial charge is 0.486 e. The summed E-state index contributed by atoms with van der Waals surface area (Å²) in [5.74, 6) is 3.11. The summed E-state index contributed by atoms with van der Waals surface area (Å²) in [5, 5.41) is 0. The summed E-state index contributed by atoms with van der Waals surface area (Å²) in [7, 11) is 0. The number of para-hydroxylation sites is 2. The molecule has 1 unspecified atom stereocenters. The summed E-state index contributed by atoms with van der Waals surface area (Å²) in [5.41, 5.74) is 6.26. The van der Waals surface area contributed by atoms with Gasteiger partial charge in [-0.1, -0.05) is 12.1 Å². The van der Waals surface area contributed by atoms with E-state index in [0.717, 1.165) is 31.1 Å². The van der Waals surface area contributed by atoms with E-state index in [0.29, 0.717) is 24.5 Å². The Morgan fingerprint density at radius 2 is 1.80 bits per heavy atom. The van der Waals surface area contributed by atoms with Gasteiger partial charge in [-0.05, 0) is 36.8 Å². The molecule has 20 heavy (non-hydrogen) atoms. The van der Waals surface area contributed by atoms with Gasteiger partial charge in [0.15, 0.2) is 11.5 Å². The first-order valence-corrected chi connectivity index (χ1v) is 7.66. The minimum Gasteiger partial charge on any atom is -0.486 e. The SMILES string of the molecule is NC1[C@@H]2CC[C@H]1CN(C[C@@H]1COc3ccccc3O1)C2. The first-order chi connectivity index (χ1) is 9.79. The minimum atomic E-state index is 0.138. The van der Waals surface area contributed by atoms with Crippen LogP contribution in [0.2, 0.25) is 0 Å². The maximum Gasteiger partial charge on any atom is 0.161 e. The fourth-order valence-corrected chi connectivity index (χ4v) is 3.95. The molecule has 2 heterocycles. The first kappa shape index (κ1) is 12.5. The fourth-order valence-electron chi connectivity index (χ4n) is 3.95. The molecule has 4 nitrogen and oxygen atoms in total. The molecular weight excluding hydrogens is 252 g/mol. The van der Waals surface area contributed by atoms with E-state index in [9.17, 15) is 0 Å². The van der Waals surface area contributed by atoms with E-state index in [1.807, 2.05) is 24.3 Å². The van der Waals surface area contributed by atoms with Crippen molar-refractivity contribution >= 4 is 0 Å². The molecule has 2 fully saturated rings. The molecule has 1 aromatic carbocycles. The zero-order valence-electron chi connectivity index (χ0n) is 11.7. The zero-order valence-corrected chi connectivity index (χ0v) is 11.7. The lowest BCUT2D eigenvalue weighted by Gasteiger charge is -2.38. The Balaban J connectivity index is 1.39. The standard InChI is InChI=1S/C16H22N2O2/c17-16-11-5-6-12(16)8-18(7-11)9-13-10-19-14-3-1-2-4-15(14)20-13/h1-4,11-13,16H,5-10,17H2/t11-,12+,13-,16?/m1/s1. The van der Waals surface area contributed by atoms with Gasteiger partial charge in [-0.15, -0.1) is 0 Å². The van der Waals surface area contributed by atoms with Gasteiger partial charge in [0.05, 0.1) is 0 Å². The highest BCUT2D eigenvalue weighted by Gasteiger charge is 2.40. The number of likely N-dealkylation sites (tertiary alicyclic amines) is 1. The van der Waals surface area contributed by atoms with Gasteiger partial charge in [-0.3, -0.25) is 4.90 Å². The van der Waals surface area contributed by atoms with Crippen molar-refractivity contribution in [3.8, 4) is 11.5 Å². The van der Waals surface area contributed by atoms with Crippen molar-refractivity contribution in [1.29, 1.82) is 0 Å². The predicted molar refractivity (Wildman–Crippen MR) is 77.0 cm³/mol. The molecule has 1 aromatic rings. The van der Waals surface area contributed by atoms with Crippen LogP contribution in [0.3, 0.4) is 0 Å². The molecule has 4 rings (SSSR count). The molecule has 2 bridgehead atoms. The summed E-state index contributed by atoms with van der Waals surface area (Å²) >= 11 is 0. The lowest BCUT2D eigenvalue weighted by atomic mass is 9.93. The zero-order chi connectivity index (χ0) is 13.5. The highest BCUT2D eigenvalue weighted by atomic mass is 16.6. The smallest absolute Gasteiger partial charge is 0.161 e. The monoisotopic (exact) mass is 274 g/mol. The molecular formula is C16H22N2O2. The molecule has 0 radical (unpaired) electrons. The second-order valence-electron chi connectivity index (χ2n) is 6.39. The van der Waals surface area contributed by atoms with Crippen molar-refractivity contribution in [3.05, 3.63) is 24.3 Å². The van der Waals surface area contributed by atoms with E-state index in [4.69, 9.17) is 15.2 Å².